The highest BCUT2D eigenvalue weighted by molar-refractivity contribution is 7.22. The standard InChI is InChI=1S/C45H57N9O3S/c1-29-31-11-9-17-52(39(31)51-50-38(29)49-41-47-34-12-7-8-13-35(34)58-41)36-15-14-32(37(48-36)40(56)57)33-21-46-53(30(33)2)28-45-25-42(3)22-43(4,26-45)24-44(23-42,27-45)16-10-18-54(5,6)19-20-55/h7-8,12-15,21,55H,9-11,16-20,22-28H2,1-6H3,(H-,47,49,50,56,57)/p+1. The highest BCUT2D eigenvalue weighted by Crippen LogP contribution is 2.75. The normalized spacial score (nSPS) is 26.4. The number of carboxylic acids is 1. The number of pyridine rings is 1. The molecule has 5 heterocycles. The molecule has 4 saturated carbocycles. The number of aromatic nitrogens is 6. The molecule has 1 aliphatic heterocycles. The minimum Gasteiger partial charge on any atom is -0.476 e. The number of thiazole rings is 1. The number of nitrogens with zero attached hydrogens (tertiary/aromatic N) is 8. The van der Waals surface area contributed by atoms with Crippen LogP contribution in [0.2, 0.25) is 0 Å². The molecule has 10 rings (SSSR count). The number of hydrogen-bond acceptors (Lipinski definition) is 10. The molecule has 2 unspecified atom stereocenters. The van der Waals surface area contributed by atoms with E-state index in [4.69, 9.17) is 15.1 Å². The second-order valence-corrected chi connectivity index (χ2v) is 20.9. The predicted octanol–water partition coefficient (Wildman–Crippen LogP) is 8.70. The van der Waals surface area contributed by atoms with Crippen LogP contribution in [0.4, 0.5) is 22.6 Å². The Morgan fingerprint density at radius 1 is 0.931 bits per heavy atom. The number of likely N-dealkylation sites (N-methyl/N-ethyl adjacent to an activating group) is 1. The van der Waals surface area contributed by atoms with Gasteiger partial charge >= 0.3 is 5.97 Å². The third-order valence-electron chi connectivity index (χ3n) is 14.1. The quantitative estimate of drug-likeness (QED) is 0.0990. The van der Waals surface area contributed by atoms with Crippen molar-refractivity contribution in [1.82, 2.24) is 29.9 Å². The van der Waals surface area contributed by atoms with Gasteiger partial charge < -0.3 is 24.9 Å². The van der Waals surface area contributed by atoms with Crippen LogP contribution in [0.15, 0.2) is 42.6 Å². The van der Waals surface area contributed by atoms with Crippen molar-refractivity contribution >= 4 is 50.1 Å². The molecule has 3 N–H and O–H groups in total. The van der Waals surface area contributed by atoms with Crippen LogP contribution >= 0.6 is 11.3 Å². The number of quaternary nitrogens is 1. The van der Waals surface area contributed by atoms with Crippen molar-refractivity contribution in [2.75, 3.05) is 50.6 Å². The fraction of sp³-hybridized carbons (Fsp3) is 0.556. The van der Waals surface area contributed by atoms with E-state index in [2.05, 4.69) is 68.1 Å². The summed E-state index contributed by atoms with van der Waals surface area (Å²) in [6.45, 7) is 12.8. The molecule has 12 nitrogen and oxygen atoms in total. The van der Waals surface area contributed by atoms with E-state index in [1.165, 1.54) is 51.4 Å². The van der Waals surface area contributed by atoms with E-state index in [9.17, 15) is 15.0 Å². The van der Waals surface area contributed by atoms with Gasteiger partial charge in [0.2, 0.25) is 0 Å². The number of nitrogens with one attached hydrogen (secondary N) is 1. The van der Waals surface area contributed by atoms with E-state index in [1.807, 2.05) is 41.4 Å². The van der Waals surface area contributed by atoms with Crippen molar-refractivity contribution in [3.05, 3.63) is 65.1 Å². The number of carboxylic acid groups (broad SMARTS) is 1. The Labute approximate surface area is 345 Å². The monoisotopic (exact) mass is 804 g/mol. The fourth-order valence-corrected chi connectivity index (χ4v) is 13.9. The number of anilines is 4. The minimum absolute atomic E-state index is 0.0161. The molecule has 5 aromatic rings. The Morgan fingerprint density at radius 3 is 2.43 bits per heavy atom. The Kier molecular flexibility index (Phi) is 9.48. The lowest BCUT2D eigenvalue weighted by Gasteiger charge is -2.70. The first-order valence-electron chi connectivity index (χ1n) is 21.1. The second-order valence-electron chi connectivity index (χ2n) is 19.9. The smallest absolute Gasteiger partial charge is 0.355 e. The Balaban J connectivity index is 0.967. The van der Waals surface area contributed by atoms with Crippen LogP contribution in [0.3, 0.4) is 0 Å². The van der Waals surface area contributed by atoms with Gasteiger partial charge in [-0.25, -0.2) is 14.8 Å². The third-order valence-corrected chi connectivity index (χ3v) is 15.1. The molecule has 4 aromatic heterocycles. The van der Waals surface area contributed by atoms with E-state index in [0.29, 0.717) is 45.8 Å². The average molecular weight is 805 g/mol. The maximum Gasteiger partial charge on any atom is 0.355 e. The first-order valence-corrected chi connectivity index (χ1v) is 21.9. The van der Waals surface area contributed by atoms with Crippen molar-refractivity contribution in [3.63, 3.8) is 0 Å². The molecule has 13 heteroatoms. The number of benzene rings is 1. The van der Waals surface area contributed by atoms with Crippen LogP contribution in [0.5, 0.6) is 0 Å². The highest BCUT2D eigenvalue weighted by Gasteiger charge is 2.65. The molecule has 0 saturated heterocycles. The summed E-state index contributed by atoms with van der Waals surface area (Å²) >= 11 is 1.58. The number of aliphatic hydroxyl groups is 1. The van der Waals surface area contributed by atoms with Crippen LogP contribution in [0.25, 0.3) is 21.3 Å². The van der Waals surface area contributed by atoms with Gasteiger partial charge in [0.1, 0.15) is 12.4 Å². The van der Waals surface area contributed by atoms with Gasteiger partial charge in [0.25, 0.3) is 0 Å². The first-order chi connectivity index (χ1) is 27.6. The van der Waals surface area contributed by atoms with Crippen molar-refractivity contribution in [2.45, 2.75) is 98.4 Å². The van der Waals surface area contributed by atoms with E-state index in [1.54, 1.807) is 11.3 Å². The Morgan fingerprint density at radius 2 is 1.69 bits per heavy atom. The van der Waals surface area contributed by atoms with Gasteiger partial charge in [0.15, 0.2) is 22.5 Å². The zero-order valence-corrected chi connectivity index (χ0v) is 35.8. The summed E-state index contributed by atoms with van der Waals surface area (Å²) < 4.78 is 4.13. The molecule has 306 valence electrons. The van der Waals surface area contributed by atoms with Gasteiger partial charge in [0.05, 0.1) is 43.7 Å². The van der Waals surface area contributed by atoms with Crippen molar-refractivity contribution < 1.29 is 19.5 Å². The summed E-state index contributed by atoms with van der Waals surface area (Å²) in [5, 5.41) is 38.6. The van der Waals surface area contributed by atoms with Crippen LogP contribution < -0.4 is 10.2 Å². The summed E-state index contributed by atoms with van der Waals surface area (Å²) in [5.74, 6) is 0.865. The average Bonchev–Trinajstić information content (AvgIpc) is 3.72. The molecule has 1 aromatic carbocycles. The molecular weight excluding hydrogens is 747 g/mol. The van der Waals surface area contributed by atoms with Crippen molar-refractivity contribution in [2.24, 2.45) is 21.7 Å². The Hall–Kier alpha value is -4.46. The molecule has 58 heavy (non-hydrogen) atoms. The molecule has 2 atom stereocenters. The first kappa shape index (κ1) is 39.0. The number of para-hydroxylation sites is 1. The third kappa shape index (κ3) is 7.06. The summed E-state index contributed by atoms with van der Waals surface area (Å²) in [4.78, 5) is 24.5. The number of aliphatic hydroxyl groups excluding tert-OH is 1. The van der Waals surface area contributed by atoms with Crippen LogP contribution in [-0.4, -0.2) is 90.9 Å². The van der Waals surface area contributed by atoms with Gasteiger partial charge in [-0.2, -0.15) is 5.10 Å². The molecule has 0 radical (unpaired) electrons. The molecule has 0 amide bonds. The molecular formula is C45H58N9O3S+. The number of aromatic carboxylic acids is 1. The lowest BCUT2D eigenvalue weighted by molar-refractivity contribution is -0.890. The van der Waals surface area contributed by atoms with Crippen LogP contribution in [0, 0.1) is 35.5 Å². The zero-order valence-electron chi connectivity index (χ0n) is 34.9. The zero-order chi connectivity index (χ0) is 40.7. The van der Waals surface area contributed by atoms with Gasteiger partial charge in [-0.3, -0.25) is 4.68 Å². The molecule has 4 bridgehead atoms. The maximum absolute atomic E-state index is 13.0. The van der Waals surface area contributed by atoms with Gasteiger partial charge in [-0.05, 0) is 124 Å². The van der Waals surface area contributed by atoms with Gasteiger partial charge in [0, 0.05) is 41.0 Å². The van der Waals surface area contributed by atoms with Crippen LogP contribution in [-0.2, 0) is 13.0 Å². The number of fused-ring (bicyclic) bond motifs is 2. The van der Waals surface area contributed by atoms with Crippen LogP contribution in [0.1, 0.15) is 98.9 Å². The Bertz CT molecular complexity index is 2350. The number of carbonyl (C=O) groups is 1. The summed E-state index contributed by atoms with van der Waals surface area (Å²) in [7, 11) is 4.47. The largest absolute Gasteiger partial charge is 0.476 e. The lowest BCUT2D eigenvalue weighted by atomic mass is 9.35. The maximum atomic E-state index is 13.0. The SMILES string of the molecule is Cc1c(Nc2nc3ccccc3s2)nnc2c1CCCN2c1ccc(-c2cnn(CC34CC5(C)CC(C)(CC(CCC[N+](C)(C)CCO)(C5)C3)C4)c2C)c(C(=O)O)n1. The van der Waals surface area contributed by atoms with Gasteiger partial charge in [-0.15, -0.1) is 10.2 Å². The summed E-state index contributed by atoms with van der Waals surface area (Å²) in [6.07, 6.45) is 13.6. The predicted molar refractivity (Wildman–Crippen MR) is 229 cm³/mol. The number of rotatable bonds is 13. The van der Waals surface area contributed by atoms with E-state index in [0.717, 1.165) is 74.7 Å². The molecule has 4 fully saturated rings. The fourth-order valence-electron chi connectivity index (χ4n) is 13.0. The summed E-state index contributed by atoms with van der Waals surface area (Å²) in [6, 6.07) is 11.9. The molecule has 5 aliphatic rings. The molecule has 0 spiro atoms. The van der Waals surface area contributed by atoms with E-state index >= 15 is 0 Å². The highest BCUT2D eigenvalue weighted by atomic mass is 32.1. The molecule has 4 aliphatic carbocycles. The minimum atomic E-state index is -1.07. The lowest BCUT2D eigenvalue weighted by Crippen LogP contribution is -2.60. The van der Waals surface area contributed by atoms with Gasteiger partial charge in [-0.1, -0.05) is 37.3 Å². The topological polar surface area (TPSA) is 142 Å². The van der Waals surface area contributed by atoms with E-state index in [-0.39, 0.29) is 17.7 Å². The summed E-state index contributed by atoms with van der Waals surface area (Å²) in [5.41, 5.74) is 6.55. The number of hydrogen-bond donors (Lipinski definition) is 3. The van der Waals surface area contributed by atoms with Crippen molar-refractivity contribution in [1.29, 1.82) is 0 Å². The van der Waals surface area contributed by atoms with E-state index < -0.39 is 5.97 Å². The van der Waals surface area contributed by atoms with Crippen molar-refractivity contribution in [3.8, 4) is 11.1 Å². The second kappa shape index (κ2) is 14.1.